The van der Waals surface area contributed by atoms with E-state index in [2.05, 4.69) is 34.6 Å². The van der Waals surface area contributed by atoms with Crippen LogP contribution in [0.3, 0.4) is 0 Å². The molecule has 504 valence electrons. The summed E-state index contributed by atoms with van der Waals surface area (Å²) in [5.41, 5.74) is 0. The van der Waals surface area contributed by atoms with E-state index >= 15 is 0 Å². The Kier molecular flexibility index (Phi) is 58.3. The van der Waals surface area contributed by atoms with Gasteiger partial charge in [-0.3, -0.25) is 37.3 Å². The number of phosphoric acid groups is 2. The zero-order valence-corrected chi connectivity index (χ0v) is 56.5. The number of aliphatic hydroxyl groups excluding tert-OH is 1. The van der Waals surface area contributed by atoms with Crippen LogP contribution in [0.4, 0.5) is 0 Å². The largest absolute Gasteiger partial charge is 0.472 e. The van der Waals surface area contributed by atoms with Gasteiger partial charge >= 0.3 is 39.5 Å². The molecule has 17 nitrogen and oxygen atoms in total. The van der Waals surface area contributed by atoms with E-state index in [0.29, 0.717) is 25.7 Å². The Bertz CT molecular complexity index is 1650. The summed E-state index contributed by atoms with van der Waals surface area (Å²) < 4.78 is 68.1. The van der Waals surface area contributed by atoms with Gasteiger partial charge in [0.05, 0.1) is 26.4 Å². The first kappa shape index (κ1) is 83.1. The first-order valence-electron chi connectivity index (χ1n) is 34.6. The van der Waals surface area contributed by atoms with Crippen LogP contribution < -0.4 is 0 Å². The van der Waals surface area contributed by atoms with Crippen molar-refractivity contribution in [2.45, 2.75) is 355 Å². The molecule has 19 heteroatoms. The highest BCUT2D eigenvalue weighted by molar-refractivity contribution is 7.47. The van der Waals surface area contributed by atoms with Gasteiger partial charge in [0.2, 0.25) is 0 Å². The lowest BCUT2D eigenvalue weighted by Crippen LogP contribution is -2.30. The molecule has 3 N–H and O–H groups in total. The topological polar surface area (TPSA) is 237 Å². The molecule has 0 aliphatic rings. The maximum Gasteiger partial charge on any atom is 0.472 e. The van der Waals surface area contributed by atoms with Crippen LogP contribution in [0.25, 0.3) is 0 Å². The van der Waals surface area contributed by atoms with Crippen molar-refractivity contribution in [2.24, 2.45) is 5.92 Å². The van der Waals surface area contributed by atoms with E-state index in [-0.39, 0.29) is 25.7 Å². The van der Waals surface area contributed by atoms with Crippen molar-refractivity contribution in [2.75, 3.05) is 39.6 Å². The Hall–Kier alpha value is -1.94. The predicted octanol–water partition coefficient (Wildman–Crippen LogP) is 18.6. The first-order valence-corrected chi connectivity index (χ1v) is 37.6. The molecule has 0 aromatic rings. The number of rotatable bonds is 66. The number of carbonyl (C=O) groups is 4. The van der Waals surface area contributed by atoms with Crippen molar-refractivity contribution in [3.63, 3.8) is 0 Å². The van der Waals surface area contributed by atoms with Gasteiger partial charge in [-0.25, -0.2) is 9.13 Å². The van der Waals surface area contributed by atoms with Gasteiger partial charge in [-0.05, 0) is 31.6 Å². The molecule has 0 heterocycles. The minimum Gasteiger partial charge on any atom is -0.462 e. The molecule has 0 bridgehead atoms. The molecule has 0 saturated heterocycles. The molecule has 0 fully saturated rings. The highest BCUT2D eigenvalue weighted by Crippen LogP contribution is 2.45. The number of esters is 4. The van der Waals surface area contributed by atoms with Gasteiger partial charge in [-0.15, -0.1) is 0 Å². The SMILES string of the molecule is CCCCCCCCCCCCCCCCC(=O)O[C@H](COC(=O)CCCCCCCCCCC(C)C)COP(=O)(O)OC[C@@H](O)COP(=O)(O)OC[C@@H](COC(=O)CCCCCCCCCCC)OC(=O)CCCCCCCCCCCCC. The van der Waals surface area contributed by atoms with Crippen LogP contribution in [0.2, 0.25) is 0 Å². The second kappa shape index (κ2) is 59.7. The average molecular weight is 1260 g/mol. The van der Waals surface area contributed by atoms with Gasteiger partial charge in [0.15, 0.2) is 12.2 Å². The first-order chi connectivity index (χ1) is 41.0. The molecule has 0 saturated carbocycles. The zero-order valence-electron chi connectivity index (χ0n) is 54.7. The smallest absolute Gasteiger partial charge is 0.462 e. The quantitative estimate of drug-likeness (QED) is 0.0222. The van der Waals surface area contributed by atoms with Crippen molar-refractivity contribution in [1.82, 2.24) is 0 Å². The van der Waals surface area contributed by atoms with Crippen LogP contribution in [0.5, 0.6) is 0 Å². The molecular weight excluding hydrogens is 1130 g/mol. The van der Waals surface area contributed by atoms with Gasteiger partial charge in [0.1, 0.15) is 19.3 Å². The maximum atomic E-state index is 13.0. The van der Waals surface area contributed by atoms with E-state index in [4.69, 9.17) is 37.0 Å². The van der Waals surface area contributed by atoms with Crippen LogP contribution in [0.15, 0.2) is 0 Å². The van der Waals surface area contributed by atoms with Crippen LogP contribution in [0.1, 0.15) is 336 Å². The molecule has 85 heavy (non-hydrogen) atoms. The molecule has 0 radical (unpaired) electrons. The molecule has 0 aliphatic heterocycles. The minimum atomic E-state index is -4.95. The molecule has 0 aromatic carbocycles. The van der Waals surface area contributed by atoms with Gasteiger partial charge in [0, 0.05) is 25.7 Å². The summed E-state index contributed by atoms with van der Waals surface area (Å²) >= 11 is 0. The van der Waals surface area contributed by atoms with E-state index in [0.717, 1.165) is 95.8 Å². The third-order valence-electron chi connectivity index (χ3n) is 15.3. The molecule has 0 aromatic heterocycles. The summed E-state index contributed by atoms with van der Waals surface area (Å²) in [7, 11) is -9.89. The van der Waals surface area contributed by atoms with Crippen molar-refractivity contribution in [1.29, 1.82) is 0 Å². The number of hydrogen-bond acceptors (Lipinski definition) is 15. The number of ether oxygens (including phenoxy) is 4. The van der Waals surface area contributed by atoms with Gasteiger partial charge < -0.3 is 33.8 Å². The summed E-state index contributed by atoms with van der Waals surface area (Å²) in [4.78, 5) is 72.3. The minimum absolute atomic E-state index is 0.107. The Morgan fingerprint density at radius 2 is 0.541 bits per heavy atom. The van der Waals surface area contributed by atoms with Gasteiger partial charge in [-0.1, -0.05) is 285 Å². The van der Waals surface area contributed by atoms with Crippen molar-refractivity contribution >= 4 is 39.5 Å². The highest BCUT2D eigenvalue weighted by Gasteiger charge is 2.30. The molecule has 0 spiro atoms. The summed E-state index contributed by atoms with van der Waals surface area (Å²) in [5, 5.41) is 10.5. The second-order valence-electron chi connectivity index (χ2n) is 24.3. The molecule has 0 rings (SSSR count). The number of unbranched alkanes of at least 4 members (excludes halogenated alkanes) is 38. The normalized spacial score (nSPS) is 14.2. The van der Waals surface area contributed by atoms with Crippen molar-refractivity contribution in [3.8, 4) is 0 Å². The summed E-state index contributed by atoms with van der Waals surface area (Å²) in [5.74, 6) is -1.40. The van der Waals surface area contributed by atoms with E-state index in [1.807, 2.05) is 0 Å². The third-order valence-corrected chi connectivity index (χ3v) is 17.2. The predicted molar refractivity (Wildman–Crippen MR) is 340 cm³/mol. The number of hydrogen-bond donors (Lipinski definition) is 3. The lowest BCUT2D eigenvalue weighted by atomic mass is 10.0. The highest BCUT2D eigenvalue weighted by atomic mass is 31.2. The van der Waals surface area contributed by atoms with E-state index in [9.17, 15) is 43.2 Å². The molecular formula is C66H128O17P2. The van der Waals surface area contributed by atoms with E-state index in [1.165, 1.54) is 161 Å². The fourth-order valence-electron chi connectivity index (χ4n) is 9.94. The molecule has 2 unspecified atom stereocenters. The Labute approximate surface area is 517 Å². The van der Waals surface area contributed by atoms with Gasteiger partial charge in [-0.2, -0.15) is 0 Å². The van der Waals surface area contributed by atoms with Crippen LogP contribution in [-0.4, -0.2) is 96.7 Å². The van der Waals surface area contributed by atoms with Crippen molar-refractivity contribution in [3.05, 3.63) is 0 Å². The van der Waals surface area contributed by atoms with Crippen LogP contribution in [-0.2, 0) is 65.4 Å². The fraction of sp³-hybridized carbons (Fsp3) is 0.939. The fourth-order valence-corrected chi connectivity index (χ4v) is 11.5. The second-order valence-corrected chi connectivity index (χ2v) is 27.2. The van der Waals surface area contributed by atoms with Crippen LogP contribution >= 0.6 is 15.6 Å². The summed E-state index contributed by atoms with van der Waals surface area (Å²) in [6.45, 7) is 7.17. The van der Waals surface area contributed by atoms with Gasteiger partial charge in [0.25, 0.3) is 0 Å². The average Bonchev–Trinajstić information content (AvgIpc) is 3.50. The molecule has 0 amide bonds. The molecule has 0 aliphatic carbocycles. The standard InChI is InChI=1S/C66H128O17P2/c1-6-9-12-15-18-21-23-24-25-27-30-37-42-47-52-66(71)83-62(56-77-64(69)50-45-40-35-32-31-33-38-43-48-59(4)5)58-81-85(74,75)79-54-60(67)53-78-84(72,73)80-57-61(55-76-63(68)49-44-39-34-28-20-17-14-11-8-3)82-65(70)51-46-41-36-29-26-22-19-16-13-10-7-2/h59-62,67H,6-58H2,1-5H3,(H,72,73)(H,74,75)/t60-,61+,62+/m0/s1. The van der Waals surface area contributed by atoms with Crippen molar-refractivity contribution < 1.29 is 80.2 Å². The van der Waals surface area contributed by atoms with E-state index in [1.54, 1.807) is 0 Å². The lowest BCUT2D eigenvalue weighted by Gasteiger charge is -2.21. The Morgan fingerprint density at radius 1 is 0.318 bits per heavy atom. The maximum absolute atomic E-state index is 13.0. The monoisotopic (exact) mass is 1250 g/mol. The van der Waals surface area contributed by atoms with Crippen LogP contribution in [0, 0.1) is 5.92 Å². The lowest BCUT2D eigenvalue weighted by molar-refractivity contribution is -0.161. The number of phosphoric ester groups is 2. The number of aliphatic hydroxyl groups is 1. The Balaban J connectivity index is 5.23. The zero-order chi connectivity index (χ0) is 62.8. The van der Waals surface area contributed by atoms with E-state index < -0.39 is 97.5 Å². The summed E-state index contributed by atoms with van der Waals surface area (Å²) in [6.07, 6.45) is 44.3. The molecule has 5 atom stereocenters. The summed E-state index contributed by atoms with van der Waals surface area (Å²) in [6, 6.07) is 0. The Morgan fingerprint density at radius 3 is 0.800 bits per heavy atom. The number of carbonyl (C=O) groups excluding carboxylic acids is 4. The third kappa shape index (κ3) is 60.7.